The van der Waals surface area contributed by atoms with Crippen LogP contribution in [0.2, 0.25) is 10.0 Å². The molecule has 0 heterocycles. The maximum absolute atomic E-state index is 12.5. The van der Waals surface area contributed by atoms with Gasteiger partial charge >= 0.3 is 0 Å². The Kier molecular flexibility index (Phi) is 4.65. The summed E-state index contributed by atoms with van der Waals surface area (Å²) in [6.45, 7) is 0. The minimum atomic E-state index is -3.76. The van der Waals surface area contributed by atoms with Crippen molar-refractivity contribution in [1.29, 1.82) is 0 Å². The lowest BCUT2D eigenvalue weighted by molar-refractivity contribution is 0.100. The van der Waals surface area contributed by atoms with Crippen LogP contribution in [0.15, 0.2) is 47.4 Å². The predicted octanol–water partition coefficient (Wildman–Crippen LogP) is 2.92. The Morgan fingerprint density at radius 2 is 1.68 bits per heavy atom. The average molecular weight is 359 g/mol. The summed E-state index contributed by atoms with van der Waals surface area (Å²) in [4.78, 5) is 11.2. The van der Waals surface area contributed by atoms with Gasteiger partial charge in [0.15, 0.2) is 0 Å². The van der Waals surface area contributed by atoms with Gasteiger partial charge in [-0.3, -0.25) is 9.10 Å². The molecule has 2 N–H and O–H groups in total. The molecule has 0 atom stereocenters. The molecule has 0 aliphatic carbocycles. The maximum Gasteiger partial charge on any atom is 0.264 e. The fraction of sp³-hybridized carbons (Fsp3) is 0.0714. The van der Waals surface area contributed by atoms with Crippen molar-refractivity contribution in [2.75, 3.05) is 11.4 Å². The lowest BCUT2D eigenvalue weighted by atomic mass is 10.2. The van der Waals surface area contributed by atoms with Crippen molar-refractivity contribution in [1.82, 2.24) is 0 Å². The first-order valence-corrected chi connectivity index (χ1v) is 8.27. The van der Waals surface area contributed by atoms with E-state index in [2.05, 4.69) is 0 Å². The number of amides is 1. The van der Waals surface area contributed by atoms with Crippen LogP contribution in [0.25, 0.3) is 0 Å². The van der Waals surface area contributed by atoms with Gasteiger partial charge in [-0.05, 0) is 42.5 Å². The third-order valence-electron chi connectivity index (χ3n) is 3.05. The number of rotatable bonds is 4. The number of anilines is 1. The molecule has 2 aromatic rings. The van der Waals surface area contributed by atoms with E-state index in [4.69, 9.17) is 28.9 Å². The van der Waals surface area contributed by atoms with Crippen molar-refractivity contribution >= 4 is 44.8 Å². The number of halogens is 2. The van der Waals surface area contributed by atoms with Gasteiger partial charge in [0.2, 0.25) is 5.91 Å². The van der Waals surface area contributed by atoms with Gasteiger partial charge < -0.3 is 5.73 Å². The Balaban J connectivity index is 2.42. The van der Waals surface area contributed by atoms with Crippen LogP contribution >= 0.6 is 23.2 Å². The number of hydrogen-bond donors (Lipinski definition) is 1. The van der Waals surface area contributed by atoms with Crippen LogP contribution < -0.4 is 10.0 Å². The first kappa shape index (κ1) is 16.6. The first-order chi connectivity index (χ1) is 10.2. The number of carbonyl (C=O) groups excluding carboxylic acids is 1. The van der Waals surface area contributed by atoms with Crippen molar-refractivity contribution in [3.63, 3.8) is 0 Å². The van der Waals surface area contributed by atoms with Crippen molar-refractivity contribution in [3.05, 3.63) is 58.1 Å². The molecule has 0 aliphatic heterocycles. The number of benzene rings is 2. The van der Waals surface area contributed by atoms with Gasteiger partial charge in [0, 0.05) is 12.1 Å². The Morgan fingerprint density at radius 3 is 2.18 bits per heavy atom. The van der Waals surface area contributed by atoms with Gasteiger partial charge in [-0.2, -0.15) is 0 Å². The van der Waals surface area contributed by atoms with Crippen molar-refractivity contribution in [2.45, 2.75) is 4.90 Å². The summed E-state index contributed by atoms with van der Waals surface area (Å²) in [7, 11) is -2.37. The smallest absolute Gasteiger partial charge is 0.264 e. The molecule has 0 unspecified atom stereocenters. The minimum absolute atomic E-state index is 0.0863. The van der Waals surface area contributed by atoms with Crippen molar-refractivity contribution in [3.8, 4) is 0 Å². The SMILES string of the molecule is CN(c1ccc(C(N)=O)c(Cl)c1)S(=O)(=O)c1ccc(Cl)cc1. The van der Waals surface area contributed by atoms with Crippen LogP contribution in [-0.2, 0) is 10.0 Å². The predicted molar refractivity (Wildman–Crippen MR) is 87.0 cm³/mol. The highest BCUT2D eigenvalue weighted by Gasteiger charge is 2.22. The molecule has 22 heavy (non-hydrogen) atoms. The molecule has 0 spiro atoms. The van der Waals surface area contributed by atoms with Crippen LogP contribution in [0.3, 0.4) is 0 Å². The molecule has 0 radical (unpaired) electrons. The highest BCUT2D eigenvalue weighted by Crippen LogP contribution is 2.27. The summed E-state index contributed by atoms with van der Waals surface area (Å²) < 4.78 is 26.1. The number of nitrogens with two attached hydrogens (primary N) is 1. The summed E-state index contributed by atoms with van der Waals surface area (Å²) in [6.07, 6.45) is 0. The summed E-state index contributed by atoms with van der Waals surface area (Å²) in [6, 6.07) is 10.0. The Bertz CT molecular complexity index is 820. The molecule has 0 fully saturated rings. The molecule has 2 rings (SSSR count). The van der Waals surface area contributed by atoms with E-state index in [1.54, 1.807) is 0 Å². The highest BCUT2D eigenvalue weighted by molar-refractivity contribution is 7.92. The van der Waals surface area contributed by atoms with Crippen LogP contribution in [0, 0.1) is 0 Å². The summed E-state index contributed by atoms with van der Waals surface area (Å²) >= 11 is 11.7. The quantitative estimate of drug-likeness (QED) is 0.912. The summed E-state index contributed by atoms with van der Waals surface area (Å²) in [5, 5.41) is 0.526. The lowest BCUT2D eigenvalue weighted by Crippen LogP contribution is -2.26. The zero-order valence-corrected chi connectivity index (χ0v) is 13.8. The van der Waals surface area contributed by atoms with Gasteiger partial charge in [-0.1, -0.05) is 23.2 Å². The van der Waals surface area contributed by atoms with E-state index in [1.165, 1.54) is 49.5 Å². The second-order valence-corrected chi connectivity index (χ2v) is 7.27. The minimum Gasteiger partial charge on any atom is -0.366 e. The third kappa shape index (κ3) is 3.19. The number of carbonyl (C=O) groups is 1. The van der Waals surface area contributed by atoms with E-state index in [0.717, 1.165) is 4.31 Å². The molecule has 2 aromatic carbocycles. The Morgan fingerprint density at radius 1 is 1.09 bits per heavy atom. The molecule has 0 aromatic heterocycles. The molecule has 1 amide bonds. The van der Waals surface area contributed by atoms with Gasteiger partial charge in [0.05, 0.1) is 21.2 Å². The van der Waals surface area contributed by atoms with Crippen molar-refractivity contribution < 1.29 is 13.2 Å². The molecule has 0 bridgehead atoms. The molecule has 116 valence electrons. The van der Waals surface area contributed by atoms with E-state index >= 15 is 0 Å². The van der Waals surface area contributed by atoms with Crippen LogP contribution in [0.5, 0.6) is 0 Å². The normalized spacial score (nSPS) is 11.2. The fourth-order valence-corrected chi connectivity index (χ4v) is 3.38. The monoisotopic (exact) mass is 358 g/mol. The number of sulfonamides is 1. The first-order valence-electron chi connectivity index (χ1n) is 6.07. The molecule has 0 saturated carbocycles. The summed E-state index contributed by atoms with van der Waals surface area (Å²) in [5.74, 6) is -0.681. The van der Waals surface area contributed by atoms with Crippen LogP contribution in [-0.4, -0.2) is 21.4 Å². The second kappa shape index (κ2) is 6.16. The van der Waals surface area contributed by atoms with Gasteiger partial charge in [-0.25, -0.2) is 8.42 Å². The fourth-order valence-electron chi connectivity index (χ4n) is 1.80. The molecule has 0 aliphatic rings. The third-order valence-corrected chi connectivity index (χ3v) is 5.42. The standard InChI is InChI=1S/C14H12Cl2N2O3S/c1-18(10-4-7-12(14(17)19)13(16)8-10)22(20,21)11-5-2-9(15)3-6-11/h2-8H,1H3,(H2,17,19). The van der Waals surface area contributed by atoms with Crippen molar-refractivity contribution in [2.24, 2.45) is 5.73 Å². The zero-order valence-electron chi connectivity index (χ0n) is 11.5. The largest absolute Gasteiger partial charge is 0.366 e. The average Bonchev–Trinajstić information content (AvgIpc) is 2.46. The zero-order chi connectivity index (χ0) is 16.5. The molecular weight excluding hydrogens is 347 g/mol. The van der Waals surface area contributed by atoms with E-state index < -0.39 is 15.9 Å². The molecule has 0 saturated heterocycles. The Hall–Kier alpha value is -1.76. The number of hydrogen-bond acceptors (Lipinski definition) is 3. The lowest BCUT2D eigenvalue weighted by Gasteiger charge is -2.20. The second-order valence-electron chi connectivity index (χ2n) is 4.45. The van der Waals surface area contributed by atoms with Crippen LogP contribution in [0.4, 0.5) is 5.69 Å². The summed E-state index contributed by atoms with van der Waals surface area (Å²) in [5.41, 5.74) is 5.60. The molecule has 8 heteroatoms. The highest BCUT2D eigenvalue weighted by atomic mass is 35.5. The van der Waals surface area contributed by atoms with Crippen LogP contribution in [0.1, 0.15) is 10.4 Å². The topological polar surface area (TPSA) is 80.5 Å². The number of primary amides is 1. The molecular formula is C14H12Cl2N2O3S. The maximum atomic E-state index is 12.5. The molecule has 5 nitrogen and oxygen atoms in total. The number of nitrogens with zero attached hydrogens (tertiary/aromatic N) is 1. The van der Waals surface area contributed by atoms with Gasteiger partial charge in [0.1, 0.15) is 0 Å². The van der Waals surface area contributed by atoms with Gasteiger partial charge in [0.25, 0.3) is 10.0 Å². The van der Waals surface area contributed by atoms with E-state index in [-0.39, 0.29) is 15.5 Å². The van der Waals surface area contributed by atoms with E-state index in [1.807, 2.05) is 0 Å². The van der Waals surface area contributed by atoms with E-state index in [0.29, 0.717) is 10.7 Å². The van der Waals surface area contributed by atoms with E-state index in [9.17, 15) is 13.2 Å². The Labute approximate surface area is 138 Å². The van der Waals surface area contributed by atoms with Gasteiger partial charge in [-0.15, -0.1) is 0 Å².